The van der Waals surface area contributed by atoms with Crippen LogP contribution < -0.4 is 10.2 Å². The van der Waals surface area contributed by atoms with Crippen LogP contribution in [-0.2, 0) is 6.42 Å². The van der Waals surface area contributed by atoms with E-state index in [0.717, 1.165) is 42.6 Å². The lowest BCUT2D eigenvalue weighted by Crippen LogP contribution is -2.41. The Labute approximate surface area is 233 Å². The maximum absolute atomic E-state index is 13.8. The molecule has 7 heteroatoms. The first-order chi connectivity index (χ1) is 19.3. The number of aromatic nitrogens is 2. The monoisotopic (exact) mass is 538 g/mol. The molecule has 3 unspecified atom stereocenters. The first-order valence-electron chi connectivity index (χ1n) is 13.7. The highest BCUT2D eigenvalue weighted by Crippen LogP contribution is 2.55. The number of benzene rings is 3. The van der Waals surface area contributed by atoms with Crippen molar-refractivity contribution in [3.8, 4) is 5.69 Å². The summed E-state index contributed by atoms with van der Waals surface area (Å²) in [5.74, 6) is -0.308. The van der Waals surface area contributed by atoms with Gasteiger partial charge in [-0.25, -0.2) is 18.3 Å². The molecule has 40 heavy (non-hydrogen) atoms. The Morgan fingerprint density at radius 2 is 1.85 bits per heavy atom. The van der Waals surface area contributed by atoms with E-state index in [1.807, 2.05) is 41.2 Å². The van der Waals surface area contributed by atoms with E-state index in [1.165, 1.54) is 40.3 Å². The number of urea groups is 1. The van der Waals surface area contributed by atoms with Gasteiger partial charge < -0.3 is 5.32 Å². The van der Waals surface area contributed by atoms with Gasteiger partial charge in [0.15, 0.2) is 0 Å². The molecular weight excluding hydrogens is 506 g/mol. The summed E-state index contributed by atoms with van der Waals surface area (Å²) in [6.45, 7) is 2.33. The van der Waals surface area contributed by atoms with E-state index in [0.29, 0.717) is 11.6 Å². The topological polar surface area (TPSA) is 50.2 Å². The number of fused-ring (bicyclic) bond motifs is 2. The number of halogens is 2. The lowest BCUT2D eigenvalue weighted by Gasteiger charge is -2.38. The van der Waals surface area contributed by atoms with Crippen LogP contribution in [0.25, 0.3) is 11.8 Å². The highest BCUT2D eigenvalue weighted by molar-refractivity contribution is 5.91. The Morgan fingerprint density at radius 3 is 2.60 bits per heavy atom. The zero-order valence-corrected chi connectivity index (χ0v) is 22.6. The van der Waals surface area contributed by atoms with E-state index >= 15 is 0 Å². The molecule has 5 nitrogen and oxygen atoms in total. The van der Waals surface area contributed by atoms with Gasteiger partial charge in [0.05, 0.1) is 23.6 Å². The minimum absolute atomic E-state index is 0.0596. The van der Waals surface area contributed by atoms with Crippen LogP contribution in [0.3, 0.4) is 0 Å². The van der Waals surface area contributed by atoms with Gasteiger partial charge in [0.2, 0.25) is 0 Å². The molecular formula is C33H32F2N4O. The van der Waals surface area contributed by atoms with Crippen molar-refractivity contribution in [3.05, 3.63) is 119 Å². The fraction of sp³-hybridized carbons (Fsp3) is 0.273. The largest absolute Gasteiger partial charge is 0.331 e. The summed E-state index contributed by atoms with van der Waals surface area (Å²) in [5.41, 5.74) is 5.95. The normalized spacial score (nSPS) is 20.3. The van der Waals surface area contributed by atoms with E-state index in [9.17, 15) is 13.6 Å². The van der Waals surface area contributed by atoms with E-state index < -0.39 is 0 Å². The van der Waals surface area contributed by atoms with E-state index in [1.54, 1.807) is 31.3 Å². The van der Waals surface area contributed by atoms with Gasteiger partial charge in [-0.05, 0) is 96.7 Å². The molecule has 0 radical (unpaired) electrons. The average Bonchev–Trinajstić information content (AvgIpc) is 3.51. The number of carbonyl (C=O) groups is 1. The Hall–Kier alpha value is -4.26. The number of nitrogens with zero attached hydrogens (tertiary/aromatic N) is 3. The number of rotatable bonds is 6. The molecule has 1 N–H and O–H groups in total. The van der Waals surface area contributed by atoms with Gasteiger partial charge in [0.1, 0.15) is 11.6 Å². The molecule has 3 atom stereocenters. The van der Waals surface area contributed by atoms with Crippen LogP contribution in [-0.4, -0.2) is 22.9 Å². The average molecular weight is 539 g/mol. The molecule has 1 heterocycles. The van der Waals surface area contributed by atoms with Gasteiger partial charge in [-0.1, -0.05) is 48.9 Å². The molecule has 1 saturated carbocycles. The molecule has 4 aromatic rings. The SMILES string of the molecule is CN(C(=O)NC(CC1CCC2=Cc3c(cnn3-c3ccc(F)cc3)CC21C)c1ccccc1)c1cccc(F)c1. The number of amides is 2. The molecule has 2 aliphatic rings. The number of hydrogen-bond acceptors (Lipinski definition) is 2. The van der Waals surface area contributed by atoms with Crippen molar-refractivity contribution in [2.45, 2.75) is 38.6 Å². The molecule has 3 aromatic carbocycles. The second-order valence-electron chi connectivity index (χ2n) is 11.1. The van der Waals surface area contributed by atoms with Crippen LogP contribution in [0.2, 0.25) is 0 Å². The third-order valence-electron chi connectivity index (χ3n) is 8.74. The minimum atomic E-state index is -0.380. The third-order valence-corrected chi connectivity index (χ3v) is 8.74. The first-order valence-corrected chi connectivity index (χ1v) is 13.7. The molecule has 0 aliphatic heterocycles. The van der Waals surface area contributed by atoms with Crippen molar-refractivity contribution < 1.29 is 13.6 Å². The number of carbonyl (C=O) groups excluding carboxylic acids is 1. The molecule has 204 valence electrons. The highest BCUT2D eigenvalue weighted by Gasteiger charge is 2.46. The Kier molecular flexibility index (Phi) is 6.74. The minimum Gasteiger partial charge on any atom is -0.331 e. The standard InChI is InChI=1S/C33H32F2N4O/c1-33-20-23-21-36-39(28-15-13-26(34)14-16-28)31(23)18-25(33)12-11-24(33)17-30(22-7-4-3-5-8-22)37-32(40)38(2)29-10-6-9-27(35)19-29/h3-10,13-16,18-19,21,24,30H,11-12,17,20H2,1-2H3,(H,37,40). The van der Waals surface area contributed by atoms with E-state index in [4.69, 9.17) is 0 Å². The maximum Gasteiger partial charge on any atom is 0.322 e. The van der Waals surface area contributed by atoms with Crippen LogP contribution in [0.1, 0.15) is 49.0 Å². The van der Waals surface area contributed by atoms with Gasteiger partial charge >= 0.3 is 6.03 Å². The van der Waals surface area contributed by atoms with Gasteiger partial charge in [-0.15, -0.1) is 0 Å². The van der Waals surface area contributed by atoms with Crippen molar-refractivity contribution >= 4 is 17.8 Å². The third kappa shape index (κ3) is 4.81. The Morgan fingerprint density at radius 1 is 1.07 bits per heavy atom. The van der Waals surface area contributed by atoms with Crippen molar-refractivity contribution in [1.82, 2.24) is 15.1 Å². The summed E-state index contributed by atoms with van der Waals surface area (Å²) in [6, 6.07) is 22.0. The Balaban J connectivity index is 1.25. The zero-order chi connectivity index (χ0) is 27.9. The van der Waals surface area contributed by atoms with Crippen molar-refractivity contribution in [1.29, 1.82) is 0 Å². The van der Waals surface area contributed by atoms with Crippen LogP contribution >= 0.6 is 0 Å². The molecule has 6 rings (SSSR count). The lowest BCUT2D eigenvalue weighted by molar-refractivity contribution is 0.220. The Bertz CT molecular complexity index is 1560. The highest BCUT2D eigenvalue weighted by atomic mass is 19.1. The van der Waals surface area contributed by atoms with Crippen LogP contribution in [0.5, 0.6) is 0 Å². The van der Waals surface area contributed by atoms with Crippen molar-refractivity contribution in [3.63, 3.8) is 0 Å². The quantitative estimate of drug-likeness (QED) is 0.277. The number of anilines is 1. The van der Waals surface area contributed by atoms with E-state index in [2.05, 4.69) is 23.4 Å². The van der Waals surface area contributed by atoms with Gasteiger partial charge in [0, 0.05) is 12.7 Å². The van der Waals surface area contributed by atoms with Crippen LogP contribution in [0.4, 0.5) is 19.3 Å². The van der Waals surface area contributed by atoms with Crippen molar-refractivity contribution in [2.24, 2.45) is 11.3 Å². The molecule has 1 fully saturated rings. The first kappa shape index (κ1) is 26.0. The van der Waals surface area contributed by atoms with Gasteiger partial charge in [0.25, 0.3) is 0 Å². The molecule has 0 spiro atoms. The summed E-state index contributed by atoms with van der Waals surface area (Å²) in [6.07, 6.45) is 7.84. The molecule has 1 aromatic heterocycles. The molecule has 2 aliphatic carbocycles. The summed E-state index contributed by atoms with van der Waals surface area (Å²) < 4.78 is 29.2. The predicted octanol–water partition coefficient (Wildman–Crippen LogP) is 7.48. The summed E-state index contributed by atoms with van der Waals surface area (Å²) >= 11 is 0. The van der Waals surface area contributed by atoms with E-state index in [-0.39, 0.29) is 29.1 Å². The summed E-state index contributed by atoms with van der Waals surface area (Å²) in [5, 5.41) is 7.88. The number of allylic oxidation sites excluding steroid dienone is 1. The summed E-state index contributed by atoms with van der Waals surface area (Å²) in [7, 11) is 1.66. The number of nitrogens with one attached hydrogen (secondary N) is 1. The summed E-state index contributed by atoms with van der Waals surface area (Å²) in [4.78, 5) is 14.8. The smallest absolute Gasteiger partial charge is 0.322 e. The molecule has 0 saturated heterocycles. The van der Waals surface area contributed by atoms with Crippen LogP contribution in [0.15, 0.2) is 90.6 Å². The zero-order valence-electron chi connectivity index (χ0n) is 22.6. The second-order valence-corrected chi connectivity index (χ2v) is 11.1. The fourth-order valence-electron chi connectivity index (χ4n) is 6.40. The second kappa shape index (κ2) is 10.4. The van der Waals surface area contributed by atoms with Gasteiger partial charge in [-0.3, -0.25) is 4.90 Å². The predicted molar refractivity (Wildman–Crippen MR) is 153 cm³/mol. The molecule has 0 bridgehead atoms. The number of hydrogen-bond donors (Lipinski definition) is 1. The molecule has 2 amide bonds. The van der Waals surface area contributed by atoms with Gasteiger partial charge in [-0.2, -0.15) is 5.10 Å². The van der Waals surface area contributed by atoms with Crippen molar-refractivity contribution in [2.75, 3.05) is 11.9 Å². The fourth-order valence-corrected chi connectivity index (χ4v) is 6.40. The van der Waals surface area contributed by atoms with Crippen LogP contribution in [0, 0.1) is 23.0 Å². The maximum atomic E-state index is 13.8. The lowest BCUT2D eigenvalue weighted by atomic mass is 9.68.